The van der Waals surface area contributed by atoms with Gasteiger partial charge in [0.2, 0.25) is 0 Å². The van der Waals surface area contributed by atoms with Crippen LogP contribution in [0.2, 0.25) is 0 Å². The lowest BCUT2D eigenvalue weighted by atomic mass is 10.2. The first-order valence-corrected chi connectivity index (χ1v) is 7.19. The maximum absolute atomic E-state index is 12.0. The van der Waals surface area contributed by atoms with E-state index in [1.54, 1.807) is 10.4 Å². The zero-order valence-electron chi connectivity index (χ0n) is 11.2. The second-order valence-corrected chi connectivity index (χ2v) is 5.50. The average molecular weight is 299 g/mol. The largest absolute Gasteiger partial charge is 0.481 e. The van der Waals surface area contributed by atoms with E-state index in [-0.39, 0.29) is 12.5 Å². The van der Waals surface area contributed by atoms with Crippen molar-refractivity contribution >= 4 is 23.3 Å². The van der Waals surface area contributed by atoms with E-state index < -0.39 is 12.1 Å². The van der Waals surface area contributed by atoms with Crippen molar-refractivity contribution in [3.05, 3.63) is 16.1 Å². The molecule has 20 heavy (non-hydrogen) atoms. The molecule has 8 heteroatoms. The normalized spacial score (nSPS) is 18.9. The van der Waals surface area contributed by atoms with E-state index in [2.05, 4.69) is 10.3 Å². The lowest BCUT2D eigenvalue weighted by Gasteiger charge is -2.32. The molecule has 1 aliphatic heterocycles. The molecule has 1 aromatic heterocycles. The molecule has 2 rings (SSSR count). The van der Waals surface area contributed by atoms with Gasteiger partial charge in [-0.2, -0.15) is 0 Å². The number of carboxylic acid groups (broad SMARTS) is 1. The Morgan fingerprint density at radius 1 is 1.65 bits per heavy atom. The molecule has 1 aromatic rings. The molecule has 1 fully saturated rings. The molecule has 0 bridgehead atoms. The summed E-state index contributed by atoms with van der Waals surface area (Å²) in [5.74, 6) is -0.919. The number of ether oxygens (including phenoxy) is 1. The SMILES string of the molecule is Cc1ncsc1CNC(=O)N1CCOC(CC(=O)O)C1. The number of carbonyl (C=O) groups is 2. The summed E-state index contributed by atoms with van der Waals surface area (Å²) in [6, 6.07) is -0.198. The number of urea groups is 1. The third kappa shape index (κ3) is 3.91. The predicted molar refractivity (Wildman–Crippen MR) is 72.7 cm³/mol. The second kappa shape index (κ2) is 6.67. The van der Waals surface area contributed by atoms with Crippen LogP contribution < -0.4 is 5.32 Å². The first kappa shape index (κ1) is 14.7. The summed E-state index contributed by atoms with van der Waals surface area (Å²) in [6.45, 7) is 3.49. The predicted octanol–water partition coefficient (Wildman–Crippen LogP) is 0.837. The number of amides is 2. The number of carbonyl (C=O) groups excluding carboxylic acids is 1. The molecule has 2 amide bonds. The summed E-state index contributed by atoms with van der Waals surface area (Å²) in [5.41, 5.74) is 2.66. The molecular weight excluding hydrogens is 282 g/mol. The van der Waals surface area contributed by atoms with Gasteiger partial charge in [-0.25, -0.2) is 9.78 Å². The van der Waals surface area contributed by atoms with Gasteiger partial charge >= 0.3 is 12.0 Å². The van der Waals surface area contributed by atoms with Gasteiger partial charge in [-0.05, 0) is 6.92 Å². The molecular formula is C12H17N3O4S. The van der Waals surface area contributed by atoms with Gasteiger partial charge in [-0.3, -0.25) is 4.79 Å². The van der Waals surface area contributed by atoms with E-state index in [1.807, 2.05) is 6.92 Å². The highest BCUT2D eigenvalue weighted by molar-refractivity contribution is 7.09. The Balaban J connectivity index is 1.82. The fourth-order valence-electron chi connectivity index (χ4n) is 1.99. The minimum absolute atomic E-state index is 0.0856. The number of thiazole rings is 1. The van der Waals surface area contributed by atoms with Crippen LogP contribution in [0.4, 0.5) is 4.79 Å². The third-order valence-electron chi connectivity index (χ3n) is 3.07. The highest BCUT2D eigenvalue weighted by Crippen LogP contribution is 2.12. The maximum atomic E-state index is 12.0. The second-order valence-electron chi connectivity index (χ2n) is 4.56. The fourth-order valence-corrected chi connectivity index (χ4v) is 2.70. The Bertz CT molecular complexity index is 491. The van der Waals surface area contributed by atoms with Gasteiger partial charge in [0.25, 0.3) is 0 Å². The van der Waals surface area contributed by atoms with Crippen molar-refractivity contribution in [3.63, 3.8) is 0 Å². The van der Waals surface area contributed by atoms with Crippen LogP contribution in [0, 0.1) is 6.92 Å². The summed E-state index contributed by atoms with van der Waals surface area (Å²) in [6.07, 6.45) is -0.519. The number of nitrogens with one attached hydrogen (secondary N) is 1. The lowest BCUT2D eigenvalue weighted by Crippen LogP contribution is -2.49. The standard InChI is InChI=1S/C12H17N3O4S/c1-8-10(20-7-14-8)5-13-12(18)15-2-3-19-9(6-15)4-11(16)17/h7,9H,2-6H2,1H3,(H,13,18)(H,16,17). The van der Waals surface area contributed by atoms with Gasteiger partial charge in [0.1, 0.15) is 0 Å². The highest BCUT2D eigenvalue weighted by Gasteiger charge is 2.25. The van der Waals surface area contributed by atoms with Gasteiger partial charge in [-0.15, -0.1) is 11.3 Å². The molecule has 2 N–H and O–H groups in total. The molecule has 0 aliphatic carbocycles. The van der Waals surface area contributed by atoms with E-state index in [9.17, 15) is 9.59 Å². The van der Waals surface area contributed by atoms with Gasteiger partial charge < -0.3 is 20.1 Å². The van der Waals surface area contributed by atoms with Crippen LogP contribution in [-0.4, -0.2) is 52.8 Å². The number of aryl methyl sites for hydroxylation is 1. The van der Waals surface area contributed by atoms with Crippen molar-refractivity contribution in [2.24, 2.45) is 0 Å². The van der Waals surface area contributed by atoms with Gasteiger partial charge in [-0.1, -0.05) is 0 Å². The van der Waals surface area contributed by atoms with Crippen LogP contribution in [-0.2, 0) is 16.1 Å². The zero-order chi connectivity index (χ0) is 14.5. The highest BCUT2D eigenvalue weighted by atomic mass is 32.1. The van der Waals surface area contributed by atoms with Crippen molar-refractivity contribution in [2.75, 3.05) is 19.7 Å². The first-order valence-electron chi connectivity index (χ1n) is 6.31. The Morgan fingerprint density at radius 2 is 2.45 bits per heavy atom. The fraction of sp³-hybridized carbons (Fsp3) is 0.583. The summed E-state index contributed by atoms with van der Waals surface area (Å²) >= 11 is 1.50. The third-order valence-corrected chi connectivity index (χ3v) is 4.01. The zero-order valence-corrected chi connectivity index (χ0v) is 12.0. The lowest BCUT2D eigenvalue weighted by molar-refractivity contribution is -0.141. The quantitative estimate of drug-likeness (QED) is 0.859. The van der Waals surface area contributed by atoms with Crippen LogP contribution in [0.5, 0.6) is 0 Å². The Morgan fingerprint density at radius 3 is 3.10 bits per heavy atom. The van der Waals surface area contributed by atoms with E-state index in [4.69, 9.17) is 9.84 Å². The number of hydrogen-bond donors (Lipinski definition) is 2. The number of rotatable bonds is 4. The minimum atomic E-state index is -0.919. The number of nitrogens with zero attached hydrogens (tertiary/aromatic N) is 2. The first-order chi connectivity index (χ1) is 9.56. The van der Waals surface area contributed by atoms with Crippen molar-refractivity contribution in [3.8, 4) is 0 Å². The molecule has 2 heterocycles. The van der Waals surface area contributed by atoms with E-state index in [0.717, 1.165) is 10.6 Å². The van der Waals surface area contributed by atoms with Gasteiger partial charge in [0.05, 0.1) is 36.9 Å². The minimum Gasteiger partial charge on any atom is -0.481 e. The molecule has 1 saturated heterocycles. The molecule has 1 aliphatic rings. The van der Waals surface area contributed by atoms with Gasteiger partial charge in [0, 0.05) is 18.0 Å². The van der Waals surface area contributed by atoms with Crippen molar-refractivity contribution in [1.29, 1.82) is 0 Å². The van der Waals surface area contributed by atoms with Crippen LogP contribution in [0.1, 0.15) is 17.0 Å². The van der Waals surface area contributed by atoms with Crippen LogP contribution in [0.15, 0.2) is 5.51 Å². The molecule has 7 nitrogen and oxygen atoms in total. The number of carboxylic acids is 1. The van der Waals surface area contributed by atoms with Crippen LogP contribution in [0.25, 0.3) is 0 Å². The van der Waals surface area contributed by atoms with Crippen LogP contribution in [0.3, 0.4) is 0 Å². The van der Waals surface area contributed by atoms with Crippen LogP contribution >= 0.6 is 11.3 Å². The van der Waals surface area contributed by atoms with Crippen molar-refractivity contribution < 1.29 is 19.4 Å². The van der Waals surface area contributed by atoms with E-state index in [1.165, 1.54) is 11.3 Å². The summed E-state index contributed by atoms with van der Waals surface area (Å²) in [5, 5.41) is 11.6. The number of morpholine rings is 1. The Hall–Kier alpha value is -1.67. The number of aromatic nitrogens is 1. The molecule has 1 atom stereocenters. The van der Waals surface area contributed by atoms with Crippen molar-refractivity contribution in [1.82, 2.24) is 15.2 Å². The number of aliphatic carboxylic acids is 1. The summed E-state index contributed by atoms with van der Waals surface area (Å²) in [4.78, 5) is 29.4. The average Bonchev–Trinajstić information content (AvgIpc) is 2.81. The monoisotopic (exact) mass is 299 g/mol. The molecule has 0 spiro atoms. The molecule has 0 aromatic carbocycles. The topological polar surface area (TPSA) is 91.8 Å². The Labute approximate surface area is 120 Å². The Kier molecular flexibility index (Phi) is 4.91. The summed E-state index contributed by atoms with van der Waals surface area (Å²) < 4.78 is 5.33. The van der Waals surface area contributed by atoms with E-state index >= 15 is 0 Å². The molecule has 1 unspecified atom stereocenters. The van der Waals surface area contributed by atoms with E-state index in [0.29, 0.717) is 26.2 Å². The van der Waals surface area contributed by atoms with Crippen molar-refractivity contribution in [2.45, 2.75) is 26.0 Å². The van der Waals surface area contributed by atoms with Gasteiger partial charge in [0.15, 0.2) is 0 Å². The molecule has 0 radical (unpaired) electrons. The molecule has 110 valence electrons. The molecule has 0 saturated carbocycles. The summed E-state index contributed by atoms with van der Waals surface area (Å²) in [7, 11) is 0. The smallest absolute Gasteiger partial charge is 0.317 e. The number of hydrogen-bond acceptors (Lipinski definition) is 5. The maximum Gasteiger partial charge on any atom is 0.317 e.